The molecule has 2 rings (SSSR count). The molecule has 4 nitrogen and oxygen atoms in total. The van der Waals surface area contributed by atoms with Crippen LogP contribution in [0.4, 0.5) is 5.82 Å². The average Bonchev–Trinajstić information content (AvgIpc) is 2.36. The molecule has 1 unspecified atom stereocenters. The number of halogens is 1. The Labute approximate surface area is 106 Å². The van der Waals surface area contributed by atoms with Crippen LogP contribution in [-0.2, 0) is 0 Å². The summed E-state index contributed by atoms with van der Waals surface area (Å²) in [6, 6.07) is 0.307. The molecule has 0 amide bonds. The zero-order chi connectivity index (χ0) is 12.3. The van der Waals surface area contributed by atoms with Crippen LogP contribution in [0.3, 0.4) is 0 Å². The normalized spacial score (nSPS) is 18.9. The highest BCUT2D eigenvalue weighted by molar-refractivity contribution is 6.32. The molecule has 1 heterocycles. The molecule has 1 atom stereocenters. The maximum atomic E-state index is 11.3. The maximum absolute atomic E-state index is 11.3. The Morgan fingerprint density at radius 2 is 2.18 bits per heavy atom. The van der Waals surface area contributed by atoms with Crippen molar-refractivity contribution in [2.24, 2.45) is 5.92 Å². The molecule has 0 radical (unpaired) electrons. The molecular weight excluding hydrogens is 238 g/mol. The van der Waals surface area contributed by atoms with Gasteiger partial charge in [0.1, 0.15) is 5.02 Å². The summed E-state index contributed by atoms with van der Waals surface area (Å²) in [6.07, 6.45) is 7.81. The number of aromatic amines is 1. The van der Waals surface area contributed by atoms with Crippen LogP contribution < -0.4 is 10.9 Å². The van der Waals surface area contributed by atoms with Crippen LogP contribution in [-0.4, -0.2) is 16.0 Å². The zero-order valence-electron chi connectivity index (χ0n) is 10.0. The van der Waals surface area contributed by atoms with E-state index in [0.717, 1.165) is 0 Å². The zero-order valence-corrected chi connectivity index (χ0v) is 10.8. The molecule has 0 aliphatic heterocycles. The Bertz CT molecular complexity index is 426. The third kappa shape index (κ3) is 3.00. The van der Waals surface area contributed by atoms with Gasteiger partial charge in [0, 0.05) is 6.04 Å². The lowest BCUT2D eigenvalue weighted by molar-refractivity contribution is 0.328. The molecule has 1 aromatic heterocycles. The quantitative estimate of drug-likeness (QED) is 0.873. The van der Waals surface area contributed by atoms with Crippen LogP contribution in [0.2, 0.25) is 5.02 Å². The molecule has 94 valence electrons. The third-order valence-electron chi connectivity index (χ3n) is 3.52. The van der Waals surface area contributed by atoms with Crippen LogP contribution >= 0.6 is 11.6 Å². The minimum absolute atomic E-state index is 0.148. The Balaban J connectivity index is 2.04. The van der Waals surface area contributed by atoms with Crippen LogP contribution in [0.25, 0.3) is 0 Å². The van der Waals surface area contributed by atoms with E-state index >= 15 is 0 Å². The van der Waals surface area contributed by atoms with Crippen molar-refractivity contribution < 1.29 is 0 Å². The molecule has 5 heteroatoms. The van der Waals surface area contributed by atoms with Gasteiger partial charge in [-0.15, -0.1) is 0 Å². The van der Waals surface area contributed by atoms with Crippen molar-refractivity contribution in [2.75, 3.05) is 5.32 Å². The fourth-order valence-corrected chi connectivity index (χ4v) is 2.61. The number of nitrogens with one attached hydrogen (secondary N) is 2. The second kappa shape index (κ2) is 5.54. The van der Waals surface area contributed by atoms with Gasteiger partial charge in [0.25, 0.3) is 5.56 Å². The van der Waals surface area contributed by atoms with Gasteiger partial charge in [-0.3, -0.25) is 4.79 Å². The molecule has 17 heavy (non-hydrogen) atoms. The first-order valence-electron chi connectivity index (χ1n) is 6.18. The standard InChI is InChI=1S/C12H18ClN3O/c1-8(9-5-3-2-4-6-9)16-11-10(13)12(17)15-7-14-11/h7-9H,2-6H2,1H3,(H2,14,15,16,17). The van der Waals surface area contributed by atoms with Gasteiger partial charge in [-0.25, -0.2) is 4.98 Å². The molecule has 0 saturated heterocycles. The van der Waals surface area contributed by atoms with Crippen molar-refractivity contribution in [3.63, 3.8) is 0 Å². The van der Waals surface area contributed by atoms with Crippen LogP contribution in [0.1, 0.15) is 39.0 Å². The number of hydrogen-bond donors (Lipinski definition) is 2. The molecular formula is C12H18ClN3O. The lowest BCUT2D eigenvalue weighted by Crippen LogP contribution is -2.29. The number of H-pyrrole nitrogens is 1. The Morgan fingerprint density at radius 3 is 2.88 bits per heavy atom. The molecule has 0 bridgehead atoms. The minimum Gasteiger partial charge on any atom is -0.366 e. The summed E-state index contributed by atoms with van der Waals surface area (Å²) < 4.78 is 0. The van der Waals surface area contributed by atoms with Crippen LogP contribution in [0.5, 0.6) is 0 Å². The van der Waals surface area contributed by atoms with Gasteiger partial charge in [-0.1, -0.05) is 30.9 Å². The first-order chi connectivity index (χ1) is 8.18. The van der Waals surface area contributed by atoms with Crippen molar-refractivity contribution in [3.8, 4) is 0 Å². The van der Waals surface area contributed by atoms with Gasteiger partial charge in [-0.05, 0) is 25.7 Å². The van der Waals surface area contributed by atoms with Crippen molar-refractivity contribution >= 4 is 17.4 Å². The lowest BCUT2D eigenvalue weighted by Gasteiger charge is -2.28. The van der Waals surface area contributed by atoms with Crippen molar-refractivity contribution in [2.45, 2.75) is 45.1 Å². The van der Waals surface area contributed by atoms with Crippen molar-refractivity contribution in [1.82, 2.24) is 9.97 Å². The highest BCUT2D eigenvalue weighted by atomic mass is 35.5. The predicted molar refractivity (Wildman–Crippen MR) is 69.5 cm³/mol. The Morgan fingerprint density at radius 1 is 1.47 bits per heavy atom. The van der Waals surface area contributed by atoms with E-state index in [1.54, 1.807) is 0 Å². The van der Waals surface area contributed by atoms with E-state index in [1.165, 1.54) is 38.4 Å². The molecule has 1 aliphatic carbocycles. The number of rotatable bonds is 3. The van der Waals surface area contributed by atoms with Gasteiger partial charge in [0.15, 0.2) is 5.82 Å². The second-order valence-corrected chi connectivity index (χ2v) is 5.10. The molecule has 2 N–H and O–H groups in total. The SMILES string of the molecule is CC(Nc1nc[nH]c(=O)c1Cl)C1CCCCC1. The molecule has 0 aromatic carbocycles. The van der Waals surface area contributed by atoms with Gasteiger partial charge in [0.05, 0.1) is 6.33 Å². The van der Waals surface area contributed by atoms with E-state index in [2.05, 4.69) is 22.2 Å². The number of hydrogen-bond acceptors (Lipinski definition) is 3. The highest BCUT2D eigenvalue weighted by Crippen LogP contribution is 2.28. The largest absolute Gasteiger partial charge is 0.366 e. The molecule has 0 spiro atoms. The first-order valence-corrected chi connectivity index (χ1v) is 6.56. The maximum Gasteiger partial charge on any atom is 0.271 e. The van der Waals surface area contributed by atoms with Gasteiger partial charge >= 0.3 is 0 Å². The Kier molecular flexibility index (Phi) is 4.05. The third-order valence-corrected chi connectivity index (χ3v) is 3.87. The minimum atomic E-state index is -0.292. The van der Waals surface area contributed by atoms with E-state index in [0.29, 0.717) is 17.8 Å². The summed E-state index contributed by atoms with van der Waals surface area (Å²) in [5.74, 6) is 1.15. The summed E-state index contributed by atoms with van der Waals surface area (Å²) >= 11 is 5.91. The average molecular weight is 256 g/mol. The monoisotopic (exact) mass is 255 g/mol. The van der Waals surface area contributed by atoms with Crippen molar-refractivity contribution in [3.05, 3.63) is 21.7 Å². The summed E-state index contributed by atoms with van der Waals surface area (Å²) in [4.78, 5) is 17.9. The summed E-state index contributed by atoms with van der Waals surface area (Å²) in [7, 11) is 0. The molecule has 1 aliphatic rings. The number of anilines is 1. The molecule has 1 aromatic rings. The number of nitrogens with zero attached hydrogens (tertiary/aromatic N) is 1. The van der Waals surface area contributed by atoms with E-state index in [-0.39, 0.29) is 10.6 Å². The fourth-order valence-electron chi connectivity index (χ4n) is 2.45. The van der Waals surface area contributed by atoms with Gasteiger partial charge in [0.2, 0.25) is 0 Å². The van der Waals surface area contributed by atoms with E-state index < -0.39 is 0 Å². The predicted octanol–water partition coefficient (Wildman–Crippen LogP) is 2.80. The van der Waals surface area contributed by atoms with E-state index in [1.807, 2.05) is 0 Å². The molecule has 1 saturated carbocycles. The van der Waals surface area contributed by atoms with Crippen LogP contribution in [0, 0.1) is 5.92 Å². The summed E-state index contributed by atoms with van der Waals surface area (Å²) in [6.45, 7) is 2.13. The van der Waals surface area contributed by atoms with Crippen molar-refractivity contribution in [1.29, 1.82) is 0 Å². The van der Waals surface area contributed by atoms with E-state index in [9.17, 15) is 4.79 Å². The topological polar surface area (TPSA) is 57.8 Å². The van der Waals surface area contributed by atoms with Gasteiger partial charge < -0.3 is 10.3 Å². The van der Waals surface area contributed by atoms with Gasteiger partial charge in [-0.2, -0.15) is 0 Å². The van der Waals surface area contributed by atoms with E-state index in [4.69, 9.17) is 11.6 Å². The Hall–Kier alpha value is -1.03. The first kappa shape index (κ1) is 12.4. The molecule has 1 fully saturated rings. The smallest absolute Gasteiger partial charge is 0.271 e. The number of aromatic nitrogens is 2. The fraction of sp³-hybridized carbons (Fsp3) is 0.667. The highest BCUT2D eigenvalue weighted by Gasteiger charge is 2.21. The van der Waals surface area contributed by atoms with Crippen LogP contribution in [0.15, 0.2) is 11.1 Å². The summed E-state index contributed by atoms with van der Waals surface area (Å²) in [5.41, 5.74) is -0.292. The second-order valence-electron chi connectivity index (χ2n) is 4.73. The lowest BCUT2D eigenvalue weighted by atomic mass is 9.84. The summed E-state index contributed by atoms with van der Waals surface area (Å²) in [5, 5.41) is 3.41.